The summed E-state index contributed by atoms with van der Waals surface area (Å²) in [4.78, 5) is 0. The fourth-order valence-corrected chi connectivity index (χ4v) is 2.30. The second-order valence-electron chi connectivity index (χ2n) is 4.56. The van der Waals surface area contributed by atoms with Crippen molar-refractivity contribution in [2.24, 2.45) is 5.73 Å². The van der Waals surface area contributed by atoms with Gasteiger partial charge in [-0.3, -0.25) is 0 Å². The third-order valence-corrected chi connectivity index (χ3v) is 3.73. The van der Waals surface area contributed by atoms with E-state index in [1.54, 1.807) is 6.07 Å². The van der Waals surface area contributed by atoms with E-state index in [1.807, 2.05) is 24.3 Å². The average molecular weight is 391 g/mol. The van der Waals surface area contributed by atoms with E-state index in [-0.39, 0.29) is 0 Å². The van der Waals surface area contributed by atoms with Crippen LogP contribution in [-0.4, -0.2) is 0 Å². The second-order valence-corrected chi connectivity index (χ2v) is 5.81. The van der Waals surface area contributed by atoms with Crippen LogP contribution in [-0.2, 0) is 12.6 Å². The summed E-state index contributed by atoms with van der Waals surface area (Å²) in [6.07, 6.45) is -3.82. The van der Waals surface area contributed by atoms with E-state index in [4.69, 9.17) is 5.73 Å². The third kappa shape index (κ3) is 3.96. The summed E-state index contributed by atoms with van der Waals surface area (Å²) in [5, 5.41) is 0. The first-order chi connectivity index (χ1) is 9.36. The molecule has 1 nitrogen and oxygen atoms in total. The third-order valence-electron chi connectivity index (χ3n) is 3.01. The summed E-state index contributed by atoms with van der Waals surface area (Å²) in [5.41, 5.74) is 6.86. The Kier molecular flexibility index (Phi) is 4.70. The van der Waals surface area contributed by atoms with Crippen LogP contribution in [0.3, 0.4) is 0 Å². The maximum atomic E-state index is 12.7. The van der Waals surface area contributed by atoms with Crippen molar-refractivity contribution in [1.82, 2.24) is 0 Å². The Morgan fingerprint density at radius 1 is 1.05 bits per heavy atom. The normalized spacial score (nSPS) is 13.2. The molecule has 2 aromatic carbocycles. The zero-order chi connectivity index (χ0) is 14.8. The maximum Gasteiger partial charge on any atom is 0.416 e. The Bertz CT molecular complexity index is 578. The molecule has 2 rings (SSSR count). The standard InChI is InChI=1S/C15H13F3IN/c16-15(17,18)12-3-1-2-11(9-12)14(20)8-10-4-6-13(19)7-5-10/h1-7,9,14H,8,20H2. The lowest BCUT2D eigenvalue weighted by Gasteiger charge is -2.14. The van der Waals surface area contributed by atoms with Crippen LogP contribution in [0.25, 0.3) is 0 Å². The lowest BCUT2D eigenvalue weighted by atomic mass is 9.98. The fraction of sp³-hybridized carbons (Fsp3) is 0.200. The highest BCUT2D eigenvalue weighted by Crippen LogP contribution is 2.30. The summed E-state index contributed by atoms with van der Waals surface area (Å²) in [5.74, 6) is 0. The molecular weight excluding hydrogens is 378 g/mol. The zero-order valence-electron chi connectivity index (χ0n) is 10.5. The lowest BCUT2D eigenvalue weighted by molar-refractivity contribution is -0.137. The van der Waals surface area contributed by atoms with Gasteiger partial charge in [0.1, 0.15) is 0 Å². The van der Waals surface area contributed by atoms with Gasteiger partial charge in [-0.25, -0.2) is 0 Å². The van der Waals surface area contributed by atoms with E-state index in [2.05, 4.69) is 22.6 Å². The van der Waals surface area contributed by atoms with Crippen molar-refractivity contribution < 1.29 is 13.2 Å². The van der Waals surface area contributed by atoms with Crippen molar-refractivity contribution in [3.63, 3.8) is 0 Å². The van der Waals surface area contributed by atoms with Crippen LogP contribution in [0.15, 0.2) is 48.5 Å². The first-order valence-electron chi connectivity index (χ1n) is 6.03. The van der Waals surface area contributed by atoms with E-state index in [0.717, 1.165) is 21.3 Å². The van der Waals surface area contributed by atoms with E-state index < -0.39 is 17.8 Å². The molecule has 1 unspecified atom stereocenters. The summed E-state index contributed by atoms with van der Waals surface area (Å²) < 4.78 is 39.1. The summed E-state index contributed by atoms with van der Waals surface area (Å²) in [7, 11) is 0. The molecule has 0 spiro atoms. The average Bonchev–Trinajstić information content (AvgIpc) is 2.40. The molecule has 0 bridgehead atoms. The molecule has 0 radical (unpaired) electrons. The summed E-state index contributed by atoms with van der Waals surface area (Å²) in [6, 6.07) is 12.5. The molecule has 0 heterocycles. The van der Waals surface area contributed by atoms with Crippen LogP contribution in [0, 0.1) is 3.57 Å². The van der Waals surface area contributed by atoms with Gasteiger partial charge in [0.05, 0.1) is 5.56 Å². The van der Waals surface area contributed by atoms with Crippen LogP contribution < -0.4 is 5.73 Å². The number of benzene rings is 2. The highest BCUT2D eigenvalue weighted by molar-refractivity contribution is 14.1. The fourth-order valence-electron chi connectivity index (χ4n) is 1.94. The number of nitrogens with two attached hydrogens (primary N) is 1. The molecule has 0 saturated heterocycles. The lowest BCUT2D eigenvalue weighted by Crippen LogP contribution is -2.15. The van der Waals surface area contributed by atoms with Crippen LogP contribution in [0.1, 0.15) is 22.7 Å². The van der Waals surface area contributed by atoms with Gasteiger partial charge in [0.15, 0.2) is 0 Å². The molecule has 0 aliphatic carbocycles. The minimum absolute atomic E-state index is 0.447. The van der Waals surface area contributed by atoms with Gasteiger partial charge < -0.3 is 5.73 Å². The Balaban J connectivity index is 2.17. The molecular formula is C15H13F3IN. The number of alkyl halides is 3. The van der Waals surface area contributed by atoms with E-state index >= 15 is 0 Å². The quantitative estimate of drug-likeness (QED) is 0.764. The van der Waals surface area contributed by atoms with Crippen LogP contribution >= 0.6 is 22.6 Å². The van der Waals surface area contributed by atoms with Crippen LogP contribution in [0.4, 0.5) is 13.2 Å². The van der Waals surface area contributed by atoms with Crippen molar-refractivity contribution >= 4 is 22.6 Å². The molecule has 0 aliphatic rings. The van der Waals surface area contributed by atoms with Gasteiger partial charge in [0.2, 0.25) is 0 Å². The summed E-state index contributed by atoms with van der Waals surface area (Å²) >= 11 is 2.20. The molecule has 0 saturated carbocycles. The molecule has 20 heavy (non-hydrogen) atoms. The van der Waals surface area contributed by atoms with E-state index in [9.17, 15) is 13.2 Å². The molecule has 0 aliphatic heterocycles. The molecule has 106 valence electrons. The molecule has 0 fully saturated rings. The molecule has 2 N–H and O–H groups in total. The van der Waals surface area contributed by atoms with Gasteiger partial charge >= 0.3 is 6.18 Å². The van der Waals surface area contributed by atoms with Gasteiger partial charge in [0.25, 0.3) is 0 Å². The molecule has 2 aromatic rings. The number of hydrogen-bond donors (Lipinski definition) is 1. The van der Waals surface area contributed by atoms with Gasteiger partial charge in [0, 0.05) is 9.61 Å². The Morgan fingerprint density at radius 2 is 1.70 bits per heavy atom. The Morgan fingerprint density at radius 3 is 2.30 bits per heavy atom. The maximum absolute atomic E-state index is 12.7. The van der Waals surface area contributed by atoms with Crippen molar-refractivity contribution in [2.45, 2.75) is 18.6 Å². The molecule has 0 amide bonds. The van der Waals surface area contributed by atoms with Crippen molar-refractivity contribution in [2.75, 3.05) is 0 Å². The van der Waals surface area contributed by atoms with Crippen LogP contribution in [0.5, 0.6) is 0 Å². The predicted octanol–water partition coefficient (Wildman–Crippen LogP) is 4.55. The van der Waals surface area contributed by atoms with Crippen molar-refractivity contribution in [1.29, 1.82) is 0 Å². The van der Waals surface area contributed by atoms with Gasteiger partial charge in [-0.1, -0.05) is 24.3 Å². The highest BCUT2D eigenvalue weighted by atomic mass is 127. The predicted molar refractivity (Wildman–Crippen MR) is 81.2 cm³/mol. The van der Waals surface area contributed by atoms with Crippen LogP contribution in [0.2, 0.25) is 0 Å². The largest absolute Gasteiger partial charge is 0.416 e. The topological polar surface area (TPSA) is 26.0 Å². The number of hydrogen-bond acceptors (Lipinski definition) is 1. The molecule has 5 heteroatoms. The second kappa shape index (κ2) is 6.13. The molecule has 1 atom stereocenters. The zero-order valence-corrected chi connectivity index (χ0v) is 12.6. The first-order valence-corrected chi connectivity index (χ1v) is 7.11. The van der Waals surface area contributed by atoms with Crippen molar-refractivity contribution in [3.8, 4) is 0 Å². The van der Waals surface area contributed by atoms with Gasteiger partial charge in [-0.2, -0.15) is 13.2 Å². The monoisotopic (exact) mass is 391 g/mol. The van der Waals surface area contributed by atoms with Crippen molar-refractivity contribution in [3.05, 3.63) is 68.8 Å². The smallest absolute Gasteiger partial charge is 0.324 e. The SMILES string of the molecule is NC(Cc1ccc(I)cc1)c1cccc(C(F)(F)F)c1. The Labute approximate surface area is 129 Å². The number of rotatable bonds is 3. The summed E-state index contributed by atoms with van der Waals surface area (Å²) in [6.45, 7) is 0. The first kappa shape index (κ1) is 15.3. The Hall–Kier alpha value is -1.08. The molecule has 0 aromatic heterocycles. The minimum atomic E-state index is -4.33. The minimum Gasteiger partial charge on any atom is -0.324 e. The van der Waals surface area contributed by atoms with E-state index in [0.29, 0.717) is 12.0 Å². The number of halogens is 4. The van der Waals surface area contributed by atoms with Gasteiger partial charge in [-0.15, -0.1) is 0 Å². The van der Waals surface area contributed by atoms with E-state index in [1.165, 1.54) is 6.07 Å². The highest BCUT2D eigenvalue weighted by Gasteiger charge is 2.30. The van der Waals surface area contributed by atoms with Gasteiger partial charge in [-0.05, 0) is 64.4 Å².